The molecule has 1 aromatic carbocycles. The molecule has 98 valence electrons. The van der Waals surface area contributed by atoms with Crippen molar-refractivity contribution in [3.8, 4) is 0 Å². The molecule has 3 N–H and O–H groups in total. The van der Waals surface area contributed by atoms with E-state index in [1.165, 1.54) is 0 Å². The average Bonchev–Trinajstić information content (AvgIpc) is 2.46. The normalized spacial score (nSPS) is 21.3. The van der Waals surface area contributed by atoms with Crippen LogP contribution in [0.2, 0.25) is 0 Å². The summed E-state index contributed by atoms with van der Waals surface area (Å²) in [5.41, 5.74) is 0.942. The van der Waals surface area contributed by atoms with Crippen LogP contribution in [0.25, 0.3) is 0 Å². The number of amides is 1. The lowest BCUT2D eigenvalue weighted by Crippen LogP contribution is -2.42. The number of nitrogens with one attached hydrogen (secondary N) is 2. The van der Waals surface area contributed by atoms with E-state index >= 15 is 0 Å². The predicted octanol–water partition coefficient (Wildman–Crippen LogP) is 0.836. The van der Waals surface area contributed by atoms with E-state index in [0.717, 1.165) is 31.5 Å². The van der Waals surface area contributed by atoms with Crippen LogP contribution in [0.5, 0.6) is 0 Å². The molecule has 1 saturated heterocycles. The molecule has 1 fully saturated rings. The van der Waals surface area contributed by atoms with Gasteiger partial charge in [-0.05, 0) is 24.9 Å². The summed E-state index contributed by atoms with van der Waals surface area (Å²) in [4.78, 5) is 12.1. The minimum Gasteiger partial charge on any atom is -0.394 e. The van der Waals surface area contributed by atoms with Crippen molar-refractivity contribution in [3.05, 3.63) is 35.9 Å². The van der Waals surface area contributed by atoms with Crippen LogP contribution in [0.4, 0.5) is 0 Å². The fourth-order valence-corrected chi connectivity index (χ4v) is 2.28. The van der Waals surface area contributed by atoms with Crippen molar-refractivity contribution in [1.29, 1.82) is 0 Å². The van der Waals surface area contributed by atoms with Gasteiger partial charge in [-0.15, -0.1) is 0 Å². The zero-order valence-corrected chi connectivity index (χ0v) is 10.4. The van der Waals surface area contributed by atoms with Crippen LogP contribution in [0, 0.1) is 5.92 Å². The van der Waals surface area contributed by atoms with Crippen molar-refractivity contribution in [1.82, 2.24) is 10.6 Å². The molecule has 0 saturated carbocycles. The Bertz CT molecular complexity index is 375. The Hall–Kier alpha value is -1.39. The van der Waals surface area contributed by atoms with E-state index in [2.05, 4.69) is 10.6 Å². The third kappa shape index (κ3) is 3.31. The fraction of sp³-hybridized carbons (Fsp3) is 0.500. The Morgan fingerprint density at radius 1 is 1.44 bits per heavy atom. The van der Waals surface area contributed by atoms with Gasteiger partial charge in [0.05, 0.1) is 18.6 Å². The minimum absolute atomic E-state index is 0.0245. The van der Waals surface area contributed by atoms with Crippen molar-refractivity contribution >= 4 is 5.91 Å². The van der Waals surface area contributed by atoms with Gasteiger partial charge in [-0.1, -0.05) is 30.3 Å². The first-order chi connectivity index (χ1) is 8.81. The summed E-state index contributed by atoms with van der Waals surface area (Å²) in [5, 5.41) is 15.5. The lowest BCUT2D eigenvalue weighted by Gasteiger charge is -2.25. The summed E-state index contributed by atoms with van der Waals surface area (Å²) in [7, 11) is 0. The highest BCUT2D eigenvalue weighted by molar-refractivity contribution is 5.79. The Balaban J connectivity index is 1.95. The highest BCUT2D eigenvalue weighted by atomic mass is 16.3. The molecule has 1 heterocycles. The van der Waals surface area contributed by atoms with Gasteiger partial charge in [0, 0.05) is 6.54 Å². The van der Waals surface area contributed by atoms with Gasteiger partial charge >= 0.3 is 0 Å². The molecular formula is C14H20N2O2. The van der Waals surface area contributed by atoms with Gasteiger partial charge in [-0.3, -0.25) is 4.79 Å². The zero-order chi connectivity index (χ0) is 12.8. The predicted molar refractivity (Wildman–Crippen MR) is 70.0 cm³/mol. The topological polar surface area (TPSA) is 61.4 Å². The molecule has 2 atom stereocenters. The van der Waals surface area contributed by atoms with Crippen LogP contribution in [-0.4, -0.2) is 30.7 Å². The molecule has 0 aromatic heterocycles. The number of hydrogen-bond acceptors (Lipinski definition) is 3. The summed E-state index contributed by atoms with van der Waals surface area (Å²) in [6.07, 6.45) is 1.96. The number of hydrogen-bond donors (Lipinski definition) is 3. The maximum absolute atomic E-state index is 12.1. The molecule has 4 heteroatoms. The highest BCUT2D eigenvalue weighted by Crippen LogP contribution is 2.15. The third-order valence-electron chi connectivity index (χ3n) is 3.37. The molecule has 0 spiro atoms. The van der Waals surface area contributed by atoms with Crippen LogP contribution in [0.15, 0.2) is 30.3 Å². The van der Waals surface area contributed by atoms with Gasteiger partial charge in [0.2, 0.25) is 5.91 Å². The summed E-state index contributed by atoms with van der Waals surface area (Å²) >= 11 is 0. The van der Waals surface area contributed by atoms with Crippen molar-refractivity contribution in [3.63, 3.8) is 0 Å². The van der Waals surface area contributed by atoms with Crippen LogP contribution in [0.3, 0.4) is 0 Å². The van der Waals surface area contributed by atoms with Gasteiger partial charge in [0.25, 0.3) is 0 Å². The molecule has 0 radical (unpaired) electrons. The van der Waals surface area contributed by atoms with E-state index < -0.39 is 0 Å². The molecule has 18 heavy (non-hydrogen) atoms. The summed E-state index contributed by atoms with van der Waals surface area (Å²) in [6.45, 7) is 1.65. The first-order valence-corrected chi connectivity index (χ1v) is 6.48. The van der Waals surface area contributed by atoms with Crippen LogP contribution < -0.4 is 10.6 Å². The van der Waals surface area contributed by atoms with Gasteiger partial charge < -0.3 is 15.7 Å². The van der Waals surface area contributed by atoms with E-state index in [4.69, 9.17) is 0 Å². The average molecular weight is 248 g/mol. The molecule has 2 unspecified atom stereocenters. The lowest BCUT2D eigenvalue weighted by molar-refractivity contribution is -0.126. The largest absolute Gasteiger partial charge is 0.394 e. The van der Waals surface area contributed by atoms with Crippen LogP contribution in [-0.2, 0) is 4.79 Å². The third-order valence-corrected chi connectivity index (χ3v) is 3.37. The maximum atomic E-state index is 12.1. The van der Waals surface area contributed by atoms with E-state index in [-0.39, 0.29) is 24.5 Å². The Morgan fingerprint density at radius 3 is 2.83 bits per heavy atom. The monoisotopic (exact) mass is 248 g/mol. The van der Waals surface area contributed by atoms with Crippen molar-refractivity contribution in [2.24, 2.45) is 5.92 Å². The maximum Gasteiger partial charge on any atom is 0.224 e. The van der Waals surface area contributed by atoms with E-state index in [9.17, 15) is 9.90 Å². The SMILES string of the molecule is O=C(NC(CO)c1ccccc1)C1CCCNC1. The standard InChI is InChI=1S/C14H20N2O2/c17-10-13(11-5-2-1-3-6-11)16-14(18)12-7-4-8-15-9-12/h1-3,5-6,12-13,15,17H,4,7-10H2,(H,16,18). The van der Waals surface area contributed by atoms with Crippen LogP contribution in [0.1, 0.15) is 24.4 Å². The molecule has 1 aromatic rings. The van der Waals surface area contributed by atoms with Gasteiger partial charge in [0.15, 0.2) is 0 Å². The van der Waals surface area contributed by atoms with Crippen molar-refractivity contribution < 1.29 is 9.90 Å². The number of carbonyl (C=O) groups excluding carboxylic acids is 1. The second kappa shape index (κ2) is 6.52. The van der Waals surface area contributed by atoms with Gasteiger partial charge in [-0.2, -0.15) is 0 Å². The van der Waals surface area contributed by atoms with E-state index in [1.807, 2.05) is 30.3 Å². The molecule has 1 amide bonds. The van der Waals surface area contributed by atoms with Crippen molar-refractivity contribution in [2.45, 2.75) is 18.9 Å². The molecular weight excluding hydrogens is 228 g/mol. The van der Waals surface area contributed by atoms with Crippen LogP contribution >= 0.6 is 0 Å². The smallest absolute Gasteiger partial charge is 0.224 e. The molecule has 1 aliphatic rings. The molecule has 1 aliphatic heterocycles. The van der Waals surface area contributed by atoms with Crippen molar-refractivity contribution in [2.75, 3.05) is 19.7 Å². The number of aliphatic hydroxyl groups is 1. The minimum atomic E-state index is -0.305. The summed E-state index contributed by atoms with van der Waals surface area (Å²) in [6, 6.07) is 9.27. The Morgan fingerprint density at radius 2 is 2.22 bits per heavy atom. The van der Waals surface area contributed by atoms with Gasteiger partial charge in [-0.25, -0.2) is 0 Å². The number of aliphatic hydroxyl groups excluding tert-OH is 1. The molecule has 2 rings (SSSR count). The zero-order valence-electron chi connectivity index (χ0n) is 10.4. The molecule has 0 bridgehead atoms. The molecule has 4 nitrogen and oxygen atoms in total. The Kier molecular flexibility index (Phi) is 4.73. The summed E-state index contributed by atoms with van der Waals surface area (Å²) in [5.74, 6) is 0.0571. The Labute approximate surface area is 107 Å². The number of benzene rings is 1. The lowest BCUT2D eigenvalue weighted by atomic mass is 9.98. The first kappa shape index (κ1) is 13.1. The highest BCUT2D eigenvalue weighted by Gasteiger charge is 2.23. The first-order valence-electron chi connectivity index (χ1n) is 6.48. The number of rotatable bonds is 4. The summed E-state index contributed by atoms with van der Waals surface area (Å²) < 4.78 is 0. The second-order valence-corrected chi connectivity index (χ2v) is 4.70. The van der Waals surface area contributed by atoms with Gasteiger partial charge in [0.1, 0.15) is 0 Å². The number of carbonyl (C=O) groups is 1. The second-order valence-electron chi connectivity index (χ2n) is 4.70. The van der Waals surface area contributed by atoms with E-state index in [0.29, 0.717) is 0 Å². The fourth-order valence-electron chi connectivity index (χ4n) is 2.28. The number of piperidine rings is 1. The quantitative estimate of drug-likeness (QED) is 0.740. The molecule has 0 aliphatic carbocycles. The van der Waals surface area contributed by atoms with E-state index in [1.54, 1.807) is 0 Å².